The van der Waals surface area contributed by atoms with E-state index >= 15 is 0 Å². The number of nitrogens with zero attached hydrogens (tertiary/aromatic N) is 4. The number of carbonyl (C=O) groups excluding carboxylic acids is 2. The van der Waals surface area contributed by atoms with Crippen LogP contribution in [0.25, 0.3) is 11.0 Å². The number of rotatable bonds is 6. The van der Waals surface area contributed by atoms with Crippen LogP contribution in [0.1, 0.15) is 24.4 Å². The van der Waals surface area contributed by atoms with E-state index in [1.807, 2.05) is 18.2 Å². The number of para-hydroxylation sites is 1. The molecule has 2 atom stereocenters. The minimum absolute atomic E-state index is 0.0420. The van der Waals surface area contributed by atoms with Gasteiger partial charge in [0.25, 0.3) is 11.5 Å². The molecule has 11 heteroatoms. The highest BCUT2D eigenvalue weighted by Crippen LogP contribution is 2.31. The molecule has 174 valence electrons. The molecule has 1 fully saturated rings. The summed E-state index contributed by atoms with van der Waals surface area (Å²) in [6, 6.07) is 9.30. The molecule has 2 N–H and O–H groups in total. The molecule has 34 heavy (non-hydrogen) atoms. The van der Waals surface area contributed by atoms with Crippen molar-refractivity contribution in [3.8, 4) is 5.75 Å². The number of fused-ring (bicyclic) bond motifs is 1. The Kier molecular flexibility index (Phi) is 4.91. The normalized spacial score (nSPS) is 20.8. The van der Waals surface area contributed by atoms with E-state index in [1.54, 1.807) is 16.7 Å². The Bertz CT molecular complexity index is 1370. The number of nitrogens with one attached hydrogen (secondary N) is 2. The largest absolute Gasteiger partial charge is 0.480 e. The van der Waals surface area contributed by atoms with Crippen LogP contribution >= 0.6 is 0 Å². The maximum Gasteiger partial charge on any atom is 0.415 e. The van der Waals surface area contributed by atoms with Gasteiger partial charge in [-0.05, 0) is 43.1 Å². The predicted octanol–water partition coefficient (Wildman–Crippen LogP) is 1.57. The van der Waals surface area contributed by atoms with Gasteiger partial charge in [0.05, 0.1) is 29.8 Å². The molecule has 2 aromatic heterocycles. The van der Waals surface area contributed by atoms with E-state index in [0.717, 1.165) is 23.0 Å². The maximum absolute atomic E-state index is 12.4. The average Bonchev–Trinajstić information content (AvgIpc) is 3.40. The smallest absolute Gasteiger partial charge is 0.415 e. The third-order valence-electron chi connectivity index (χ3n) is 6.34. The zero-order chi connectivity index (χ0) is 23.2. The van der Waals surface area contributed by atoms with Gasteiger partial charge in [0, 0.05) is 6.54 Å². The maximum atomic E-state index is 12.4. The molecule has 0 bridgehead atoms. The number of amides is 2. The Morgan fingerprint density at radius 1 is 1.15 bits per heavy atom. The van der Waals surface area contributed by atoms with Gasteiger partial charge in [-0.25, -0.2) is 14.8 Å². The summed E-state index contributed by atoms with van der Waals surface area (Å²) in [7, 11) is 0. The van der Waals surface area contributed by atoms with Crippen LogP contribution in [-0.4, -0.2) is 52.3 Å². The van der Waals surface area contributed by atoms with Crippen molar-refractivity contribution in [2.45, 2.75) is 31.5 Å². The van der Waals surface area contributed by atoms with Crippen LogP contribution in [0.3, 0.4) is 0 Å². The zero-order valence-electron chi connectivity index (χ0n) is 18.2. The lowest BCUT2D eigenvalue weighted by Crippen LogP contribution is -2.29. The molecule has 2 amide bonds. The summed E-state index contributed by atoms with van der Waals surface area (Å²) in [4.78, 5) is 46.2. The van der Waals surface area contributed by atoms with Crippen molar-refractivity contribution in [1.29, 1.82) is 0 Å². The van der Waals surface area contributed by atoms with Crippen molar-refractivity contribution >= 4 is 34.7 Å². The first kappa shape index (κ1) is 20.6. The monoisotopic (exact) mass is 462 g/mol. The fourth-order valence-electron chi connectivity index (χ4n) is 4.74. The molecule has 1 saturated heterocycles. The van der Waals surface area contributed by atoms with Crippen LogP contribution in [0, 0.1) is 0 Å². The Hall–Kier alpha value is -3.99. The summed E-state index contributed by atoms with van der Waals surface area (Å²) in [6.45, 7) is 1.62. The second kappa shape index (κ2) is 8.10. The predicted molar refractivity (Wildman–Crippen MR) is 122 cm³/mol. The molecule has 0 unspecified atom stereocenters. The lowest BCUT2D eigenvalue weighted by Gasteiger charge is -2.19. The molecule has 0 saturated carbocycles. The minimum Gasteiger partial charge on any atom is -0.480 e. The number of hydrogen-bond acceptors (Lipinski definition) is 8. The lowest BCUT2D eigenvalue weighted by atomic mass is 10.1. The second-order valence-corrected chi connectivity index (χ2v) is 8.54. The Morgan fingerprint density at radius 3 is 2.97 bits per heavy atom. The van der Waals surface area contributed by atoms with Crippen LogP contribution < -0.4 is 25.8 Å². The number of carbonyl (C=O) groups is 2. The number of aromatic nitrogens is 3. The molecule has 0 aliphatic carbocycles. The average molecular weight is 462 g/mol. The zero-order valence-corrected chi connectivity index (χ0v) is 18.2. The van der Waals surface area contributed by atoms with E-state index in [1.165, 1.54) is 11.1 Å². The fourth-order valence-corrected chi connectivity index (χ4v) is 4.74. The summed E-state index contributed by atoms with van der Waals surface area (Å²) >= 11 is 0. The van der Waals surface area contributed by atoms with Crippen molar-refractivity contribution in [2.24, 2.45) is 0 Å². The number of pyridine rings is 1. The van der Waals surface area contributed by atoms with Crippen molar-refractivity contribution in [1.82, 2.24) is 19.9 Å². The number of cyclic esters (lactones) is 1. The minimum atomic E-state index is -0.460. The van der Waals surface area contributed by atoms with Crippen molar-refractivity contribution in [3.63, 3.8) is 0 Å². The van der Waals surface area contributed by atoms with E-state index in [-0.39, 0.29) is 30.2 Å². The first-order chi connectivity index (χ1) is 16.6. The van der Waals surface area contributed by atoms with Gasteiger partial charge in [0.2, 0.25) is 0 Å². The van der Waals surface area contributed by atoms with Crippen LogP contribution in [0.15, 0.2) is 41.3 Å². The highest BCUT2D eigenvalue weighted by atomic mass is 16.6. The molecule has 3 aromatic rings. The van der Waals surface area contributed by atoms with Gasteiger partial charge < -0.3 is 24.7 Å². The highest BCUT2D eigenvalue weighted by molar-refractivity contribution is 5.95. The number of hydrogen-bond donors (Lipinski definition) is 2. The second-order valence-electron chi connectivity index (χ2n) is 8.54. The van der Waals surface area contributed by atoms with E-state index in [2.05, 4.69) is 20.6 Å². The molecule has 5 heterocycles. The van der Waals surface area contributed by atoms with E-state index in [9.17, 15) is 14.4 Å². The van der Waals surface area contributed by atoms with Crippen molar-refractivity contribution in [2.75, 3.05) is 29.9 Å². The molecule has 6 rings (SSSR count). The Labute approximate surface area is 193 Å². The fraction of sp³-hybridized carbons (Fsp3) is 0.348. The van der Waals surface area contributed by atoms with Gasteiger partial charge in [-0.2, -0.15) is 0 Å². The van der Waals surface area contributed by atoms with Crippen LogP contribution in [0.5, 0.6) is 5.75 Å². The summed E-state index contributed by atoms with van der Waals surface area (Å²) in [5, 5.41) is 6.17. The quantitative estimate of drug-likeness (QED) is 0.529. The Balaban J connectivity index is 1.05. The summed E-state index contributed by atoms with van der Waals surface area (Å²) in [6.07, 6.45) is 2.13. The van der Waals surface area contributed by atoms with Crippen LogP contribution in [-0.2, 0) is 16.1 Å². The molecule has 11 nitrogen and oxygen atoms in total. The van der Waals surface area contributed by atoms with Gasteiger partial charge >= 0.3 is 6.09 Å². The third-order valence-corrected chi connectivity index (χ3v) is 6.34. The van der Waals surface area contributed by atoms with E-state index < -0.39 is 6.09 Å². The van der Waals surface area contributed by atoms with Crippen LogP contribution in [0.2, 0.25) is 0 Å². The molecule has 0 spiro atoms. The number of benzene rings is 1. The summed E-state index contributed by atoms with van der Waals surface area (Å²) in [5.74, 6) is 0.901. The molecule has 3 aliphatic heterocycles. The molecular formula is C23H22N6O5. The first-order valence-electron chi connectivity index (χ1n) is 11.2. The topological polar surface area (TPSA) is 128 Å². The van der Waals surface area contributed by atoms with Gasteiger partial charge in [-0.1, -0.05) is 12.1 Å². The van der Waals surface area contributed by atoms with Gasteiger partial charge in [0.15, 0.2) is 18.2 Å². The summed E-state index contributed by atoms with van der Waals surface area (Å²) < 4.78 is 12.6. The standard InChI is InChI=1S/C23H22N6O5/c30-19-12-33-17-6-7-18(26-22(17)27-19)28-10-13(34-23(28)32)3-2-8-24-16-11-29-20(31)9-25-15-5-1-4-14(16)21(15)29/h1,4-7,9,13,16,24H,2-3,8,10-12H2,(H,26,27,30)/t13-,16+/m1/s1. The van der Waals surface area contributed by atoms with E-state index in [0.29, 0.717) is 43.4 Å². The number of anilines is 2. The van der Waals surface area contributed by atoms with Crippen molar-refractivity contribution in [3.05, 3.63) is 52.4 Å². The molecule has 1 aromatic carbocycles. The van der Waals surface area contributed by atoms with Gasteiger partial charge in [-0.15, -0.1) is 0 Å². The SMILES string of the molecule is O=C1COc2ccc(N3C[C@@H](CCCN[C@H]4Cn5c(=O)cnc6cccc4c65)OC3=O)nc2N1. The van der Waals surface area contributed by atoms with Crippen LogP contribution in [0.4, 0.5) is 16.4 Å². The van der Waals surface area contributed by atoms with E-state index in [4.69, 9.17) is 9.47 Å². The highest BCUT2D eigenvalue weighted by Gasteiger charge is 2.34. The first-order valence-corrected chi connectivity index (χ1v) is 11.2. The molecular weight excluding hydrogens is 440 g/mol. The molecule has 0 radical (unpaired) electrons. The molecule has 3 aliphatic rings. The lowest BCUT2D eigenvalue weighted by molar-refractivity contribution is -0.118. The Morgan fingerprint density at radius 2 is 2.06 bits per heavy atom. The number of ether oxygens (including phenoxy) is 2. The van der Waals surface area contributed by atoms with Gasteiger partial charge in [-0.3, -0.25) is 14.5 Å². The summed E-state index contributed by atoms with van der Waals surface area (Å²) in [5.41, 5.74) is 2.70. The van der Waals surface area contributed by atoms with Crippen molar-refractivity contribution < 1.29 is 19.1 Å². The van der Waals surface area contributed by atoms with Gasteiger partial charge in [0.1, 0.15) is 11.9 Å². The third kappa shape index (κ3) is 3.54.